The summed E-state index contributed by atoms with van der Waals surface area (Å²) < 4.78 is 13.8. The summed E-state index contributed by atoms with van der Waals surface area (Å²) in [6.45, 7) is 1.81. The van der Waals surface area contributed by atoms with Crippen molar-refractivity contribution >= 4 is 27.1 Å². The van der Waals surface area contributed by atoms with Gasteiger partial charge in [-0.25, -0.2) is 4.39 Å². The molecule has 0 bridgehead atoms. The number of hydrogen-bond acceptors (Lipinski definition) is 3. The highest BCUT2D eigenvalue weighted by atomic mass is 32.1. The van der Waals surface area contributed by atoms with E-state index >= 15 is 0 Å². The number of nitro groups is 1. The molecule has 0 unspecified atom stereocenters. The number of rotatable bonds is 1. The molecule has 0 N–H and O–H groups in total. The lowest BCUT2D eigenvalue weighted by atomic mass is 10.2. The van der Waals surface area contributed by atoms with Crippen LogP contribution in [0.1, 0.15) is 5.56 Å². The maximum absolute atomic E-state index is 13.3. The molecule has 0 aliphatic heterocycles. The minimum Gasteiger partial charge on any atom is -0.258 e. The molecule has 14 heavy (non-hydrogen) atoms. The van der Waals surface area contributed by atoms with Crippen LogP contribution in [0.3, 0.4) is 0 Å². The van der Waals surface area contributed by atoms with E-state index in [1.807, 2.05) is 6.92 Å². The monoisotopic (exact) mass is 211 g/mol. The number of nitro benzene ring substituents is 1. The van der Waals surface area contributed by atoms with Crippen molar-refractivity contribution in [2.45, 2.75) is 6.92 Å². The Kier molecular flexibility index (Phi) is 1.96. The molecule has 2 rings (SSSR count). The van der Waals surface area contributed by atoms with E-state index < -0.39 is 10.7 Å². The van der Waals surface area contributed by atoms with Crippen LogP contribution in [0.4, 0.5) is 10.1 Å². The number of benzene rings is 1. The van der Waals surface area contributed by atoms with Gasteiger partial charge in [0.1, 0.15) is 5.82 Å². The van der Waals surface area contributed by atoms with Gasteiger partial charge in [-0.1, -0.05) is 0 Å². The van der Waals surface area contributed by atoms with E-state index in [1.165, 1.54) is 17.4 Å². The summed E-state index contributed by atoms with van der Waals surface area (Å²) in [5.74, 6) is -0.521. The van der Waals surface area contributed by atoms with Gasteiger partial charge in [0, 0.05) is 11.5 Å². The van der Waals surface area contributed by atoms with E-state index in [1.54, 1.807) is 5.38 Å². The Morgan fingerprint density at radius 2 is 2.21 bits per heavy atom. The first-order chi connectivity index (χ1) is 6.59. The molecular weight excluding hydrogens is 205 g/mol. The van der Waals surface area contributed by atoms with Crippen molar-refractivity contribution in [2.24, 2.45) is 0 Å². The van der Waals surface area contributed by atoms with E-state index in [0.717, 1.165) is 11.6 Å². The molecule has 0 aliphatic rings. The van der Waals surface area contributed by atoms with Gasteiger partial charge in [0.25, 0.3) is 5.69 Å². The van der Waals surface area contributed by atoms with Crippen molar-refractivity contribution in [1.82, 2.24) is 0 Å². The quantitative estimate of drug-likeness (QED) is 0.536. The lowest BCUT2D eigenvalue weighted by Crippen LogP contribution is -1.88. The zero-order valence-corrected chi connectivity index (χ0v) is 8.10. The molecule has 1 heterocycles. The molecule has 5 heteroatoms. The van der Waals surface area contributed by atoms with Gasteiger partial charge in [-0.15, -0.1) is 11.3 Å². The molecule has 72 valence electrons. The van der Waals surface area contributed by atoms with Crippen molar-refractivity contribution in [3.05, 3.63) is 39.0 Å². The molecule has 0 saturated carbocycles. The number of non-ortho nitro benzene ring substituents is 1. The van der Waals surface area contributed by atoms with Crippen molar-refractivity contribution in [3.8, 4) is 0 Å². The first-order valence-electron chi connectivity index (χ1n) is 3.91. The van der Waals surface area contributed by atoms with Crippen molar-refractivity contribution < 1.29 is 9.31 Å². The fourth-order valence-electron chi connectivity index (χ4n) is 1.31. The maximum atomic E-state index is 13.3. The summed E-state index contributed by atoms with van der Waals surface area (Å²) in [6.07, 6.45) is 0. The predicted molar refractivity (Wildman–Crippen MR) is 53.2 cm³/mol. The SMILES string of the molecule is Cc1csc2c(F)cc([N+](=O)[O-])cc12. The summed E-state index contributed by atoms with van der Waals surface area (Å²) in [6, 6.07) is 2.36. The first kappa shape index (κ1) is 9.08. The van der Waals surface area contributed by atoms with Crippen LogP contribution >= 0.6 is 11.3 Å². The van der Waals surface area contributed by atoms with Gasteiger partial charge >= 0.3 is 0 Å². The fraction of sp³-hybridized carbons (Fsp3) is 0.111. The second-order valence-electron chi connectivity index (χ2n) is 2.98. The first-order valence-corrected chi connectivity index (χ1v) is 4.79. The van der Waals surface area contributed by atoms with Crippen LogP contribution in [0.5, 0.6) is 0 Å². The number of nitrogens with zero attached hydrogens (tertiary/aromatic N) is 1. The molecule has 3 nitrogen and oxygen atoms in total. The Bertz CT molecular complexity index is 521. The van der Waals surface area contributed by atoms with Crippen LogP contribution in [-0.4, -0.2) is 4.92 Å². The van der Waals surface area contributed by atoms with Crippen LogP contribution in [0.2, 0.25) is 0 Å². The van der Waals surface area contributed by atoms with Gasteiger partial charge < -0.3 is 0 Å². The predicted octanol–water partition coefficient (Wildman–Crippen LogP) is 3.26. The Morgan fingerprint density at radius 3 is 2.86 bits per heavy atom. The Morgan fingerprint density at radius 1 is 1.50 bits per heavy atom. The minimum absolute atomic E-state index is 0.198. The third-order valence-corrected chi connectivity index (χ3v) is 3.14. The van der Waals surface area contributed by atoms with E-state index in [0.29, 0.717) is 10.1 Å². The summed E-state index contributed by atoms with van der Waals surface area (Å²) >= 11 is 1.26. The topological polar surface area (TPSA) is 43.1 Å². The van der Waals surface area contributed by atoms with Crippen LogP contribution in [0.25, 0.3) is 10.1 Å². The molecular formula is C9H6FNO2S. The van der Waals surface area contributed by atoms with E-state index in [9.17, 15) is 14.5 Å². The van der Waals surface area contributed by atoms with Gasteiger partial charge in [0.2, 0.25) is 0 Å². The molecule has 0 radical (unpaired) electrons. The van der Waals surface area contributed by atoms with Gasteiger partial charge in [0.05, 0.1) is 15.7 Å². The summed E-state index contributed by atoms with van der Waals surface area (Å²) in [5, 5.41) is 12.9. The summed E-state index contributed by atoms with van der Waals surface area (Å²) in [5.41, 5.74) is 0.670. The Hall–Kier alpha value is -1.49. The molecule has 0 saturated heterocycles. The standard InChI is InChI=1S/C9H6FNO2S/c1-5-4-14-9-7(5)2-6(11(12)13)3-8(9)10/h2-4H,1H3. The van der Waals surface area contributed by atoms with Gasteiger partial charge in [-0.2, -0.15) is 0 Å². The third-order valence-electron chi connectivity index (χ3n) is 2.02. The largest absolute Gasteiger partial charge is 0.273 e. The number of aryl methyl sites for hydroxylation is 1. The van der Waals surface area contributed by atoms with E-state index in [-0.39, 0.29) is 5.69 Å². The second kappa shape index (κ2) is 3.02. The Labute approximate surface area is 82.9 Å². The molecule has 0 amide bonds. The van der Waals surface area contributed by atoms with Crippen molar-refractivity contribution in [2.75, 3.05) is 0 Å². The van der Waals surface area contributed by atoms with Crippen LogP contribution in [-0.2, 0) is 0 Å². The number of hydrogen-bond donors (Lipinski definition) is 0. The van der Waals surface area contributed by atoms with E-state index in [4.69, 9.17) is 0 Å². The van der Waals surface area contributed by atoms with Crippen LogP contribution < -0.4 is 0 Å². The molecule has 0 aliphatic carbocycles. The minimum atomic E-state index is -0.584. The van der Waals surface area contributed by atoms with Crippen LogP contribution in [0, 0.1) is 22.9 Å². The normalized spacial score (nSPS) is 10.7. The summed E-state index contributed by atoms with van der Waals surface area (Å²) in [4.78, 5) is 9.89. The smallest absolute Gasteiger partial charge is 0.258 e. The third kappa shape index (κ3) is 1.26. The molecule has 2 aromatic rings. The second-order valence-corrected chi connectivity index (χ2v) is 3.86. The van der Waals surface area contributed by atoms with Crippen molar-refractivity contribution in [3.63, 3.8) is 0 Å². The maximum Gasteiger partial charge on any atom is 0.273 e. The van der Waals surface area contributed by atoms with Gasteiger partial charge in [0.15, 0.2) is 0 Å². The molecule has 0 atom stereocenters. The molecule has 1 aromatic carbocycles. The van der Waals surface area contributed by atoms with Gasteiger partial charge in [-0.3, -0.25) is 10.1 Å². The molecule has 0 spiro atoms. The average Bonchev–Trinajstić information content (AvgIpc) is 2.48. The highest BCUT2D eigenvalue weighted by molar-refractivity contribution is 7.17. The number of thiophene rings is 1. The number of halogens is 1. The average molecular weight is 211 g/mol. The zero-order valence-electron chi connectivity index (χ0n) is 7.28. The van der Waals surface area contributed by atoms with E-state index in [2.05, 4.69) is 0 Å². The summed E-state index contributed by atoms with van der Waals surface area (Å²) in [7, 11) is 0. The van der Waals surface area contributed by atoms with Crippen LogP contribution in [0.15, 0.2) is 17.5 Å². The lowest BCUT2D eigenvalue weighted by Gasteiger charge is -1.95. The zero-order chi connectivity index (χ0) is 10.3. The highest BCUT2D eigenvalue weighted by Crippen LogP contribution is 2.31. The lowest BCUT2D eigenvalue weighted by molar-refractivity contribution is -0.384. The fourth-order valence-corrected chi connectivity index (χ4v) is 2.25. The van der Waals surface area contributed by atoms with Gasteiger partial charge in [-0.05, 0) is 17.9 Å². The van der Waals surface area contributed by atoms with Crippen molar-refractivity contribution in [1.29, 1.82) is 0 Å². The number of fused-ring (bicyclic) bond motifs is 1. The molecule has 1 aromatic heterocycles. The highest BCUT2D eigenvalue weighted by Gasteiger charge is 2.13. The molecule has 0 fully saturated rings. The Balaban J connectivity index is 2.82.